The number of rotatable bonds is 2. The maximum absolute atomic E-state index is 12.7. The minimum Gasteiger partial charge on any atom is -0.372 e. The highest BCUT2D eigenvalue weighted by Gasteiger charge is 2.41. The Morgan fingerprint density at radius 2 is 1.68 bits per heavy atom. The molecule has 1 aromatic carbocycles. The molecule has 0 N–H and O–H groups in total. The van der Waals surface area contributed by atoms with Crippen LogP contribution in [0.3, 0.4) is 0 Å². The number of ether oxygens (including phenoxy) is 1. The Balaban J connectivity index is 1.71. The van der Waals surface area contributed by atoms with Gasteiger partial charge in [-0.25, -0.2) is 8.42 Å². The van der Waals surface area contributed by atoms with Crippen LogP contribution in [-0.2, 0) is 20.9 Å². The summed E-state index contributed by atoms with van der Waals surface area (Å²) in [6.45, 7) is 2.85. The molecule has 1 spiro atoms. The maximum atomic E-state index is 12.7. The molecule has 0 aliphatic carbocycles. The number of morpholine rings is 1. The Morgan fingerprint density at radius 1 is 1.08 bits per heavy atom. The molecule has 2 fully saturated rings. The van der Waals surface area contributed by atoms with Crippen molar-refractivity contribution in [2.24, 2.45) is 0 Å². The summed E-state index contributed by atoms with van der Waals surface area (Å²) in [5, 5.41) is 0. The number of benzene rings is 1. The zero-order valence-electron chi connectivity index (χ0n) is 13.9. The smallest absolute Gasteiger partial charge is 0.372 e. The topological polar surface area (TPSA) is 49.9 Å². The molecule has 0 atom stereocenters. The van der Waals surface area contributed by atoms with Gasteiger partial charge in [0.25, 0.3) is 0 Å². The summed E-state index contributed by atoms with van der Waals surface area (Å²) < 4.78 is 70.5. The van der Waals surface area contributed by atoms with Gasteiger partial charge in [0.1, 0.15) is 0 Å². The largest absolute Gasteiger partial charge is 0.416 e. The highest BCUT2D eigenvalue weighted by molar-refractivity contribution is 7.89. The monoisotopic (exact) mass is 378 g/mol. The van der Waals surface area contributed by atoms with E-state index in [1.807, 2.05) is 7.05 Å². The SMILES string of the molecule is CN1CCOC2(CCN(S(=O)(=O)c3ccc(C(F)(F)F)cc3)CC2)C1. The van der Waals surface area contributed by atoms with Crippen LogP contribution in [0.4, 0.5) is 13.2 Å². The molecular formula is C16H21F3N2O3S. The Kier molecular flexibility index (Phi) is 4.87. The quantitative estimate of drug-likeness (QED) is 0.792. The summed E-state index contributed by atoms with van der Waals surface area (Å²) >= 11 is 0. The van der Waals surface area contributed by atoms with Crippen LogP contribution in [-0.4, -0.2) is 63.1 Å². The molecule has 9 heteroatoms. The Hall–Kier alpha value is -1.16. The van der Waals surface area contributed by atoms with Gasteiger partial charge < -0.3 is 9.64 Å². The summed E-state index contributed by atoms with van der Waals surface area (Å²) in [4.78, 5) is 2.06. The number of nitrogens with zero attached hydrogens (tertiary/aromatic N) is 2. The highest BCUT2D eigenvalue weighted by atomic mass is 32.2. The van der Waals surface area contributed by atoms with Gasteiger partial charge >= 0.3 is 6.18 Å². The third kappa shape index (κ3) is 3.84. The fourth-order valence-electron chi connectivity index (χ4n) is 3.44. The lowest BCUT2D eigenvalue weighted by molar-refractivity contribution is -0.137. The van der Waals surface area contributed by atoms with E-state index < -0.39 is 21.8 Å². The summed E-state index contributed by atoms with van der Waals surface area (Å²) in [6.07, 6.45) is -3.32. The van der Waals surface area contributed by atoms with Crippen LogP contribution in [0.1, 0.15) is 18.4 Å². The lowest BCUT2D eigenvalue weighted by Crippen LogP contribution is -2.56. The van der Waals surface area contributed by atoms with Gasteiger partial charge in [-0.2, -0.15) is 17.5 Å². The Bertz CT molecular complexity index is 711. The molecule has 0 bridgehead atoms. The zero-order chi connectivity index (χ0) is 18.3. The summed E-state index contributed by atoms with van der Waals surface area (Å²) in [6, 6.07) is 3.65. The van der Waals surface area contributed by atoms with E-state index in [2.05, 4.69) is 4.90 Å². The van der Waals surface area contributed by atoms with Crippen molar-refractivity contribution in [1.82, 2.24) is 9.21 Å². The second kappa shape index (κ2) is 6.53. The van der Waals surface area contributed by atoms with Gasteiger partial charge in [-0.05, 0) is 44.2 Å². The molecule has 0 unspecified atom stereocenters. The number of hydrogen-bond acceptors (Lipinski definition) is 4. The average Bonchev–Trinajstić information content (AvgIpc) is 2.54. The molecule has 140 valence electrons. The summed E-state index contributed by atoms with van der Waals surface area (Å²) in [7, 11) is -1.79. The van der Waals surface area contributed by atoms with Gasteiger partial charge in [0.15, 0.2) is 0 Å². The normalized spacial score (nSPS) is 23.0. The molecule has 1 aromatic rings. The van der Waals surface area contributed by atoms with E-state index in [1.54, 1.807) is 0 Å². The minimum atomic E-state index is -4.48. The zero-order valence-corrected chi connectivity index (χ0v) is 14.7. The highest BCUT2D eigenvalue weighted by Crippen LogP contribution is 2.33. The fourth-order valence-corrected chi connectivity index (χ4v) is 4.88. The fraction of sp³-hybridized carbons (Fsp3) is 0.625. The molecule has 2 aliphatic rings. The van der Waals surface area contributed by atoms with Crippen LogP contribution in [0.5, 0.6) is 0 Å². The Labute approximate surface area is 145 Å². The average molecular weight is 378 g/mol. The van der Waals surface area contributed by atoms with Gasteiger partial charge in [0.2, 0.25) is 10.0 Å². The van der Waals surface area contributed by atoms with Crippen LogP contribution in [0.15, 0.2) is 29.2 Å². The number of likely N-dealkylation sites (N-methyl/N-ethyl adjacent to an activating group) is 1. The third-order valence-corrected chi connectivity index (χ3v) is 6.81. The molecule has 3 rings (SSSR count). The minimum absolute atomic E-state index is 0.113. The van der Waals surface area contributed by atoms with Crippen LogP contribution < -0.4 is 0 Å². The molecule has 0 aromatic heterocycles. The third-order valence-electron chi connectivity index (χ3n) is 4.89. The molecule has 2 heterocycles. The number of sulfonamides is 1. The number of piperidine rings is 1. The first-order chi connectivity index (χ1) is 11.6. The first-order valence-corrected chi connectivity index (χ1v) is 9.56. The predicted octanol–water partition coefficient (Wildman–Crippen LogP) is 2.19. The second-order valence-corrected chi connectivity index (χ2v) is 8.63. The van der Waals surface area contributed by atoms with E-state index in [-0.39, 0.29) is 10.5 Å². The van der Waals surface area contributed by atoms with Crippen molar-refractivity contribution in [1.29, 1.82) is 0 Å². The van der Waals surface area contributed by atoms with Crippen LogP contribution >= 0.6 is 0 Å². The van der Waals surface area contributed by atoms with Crippen molar-refractivity contribution in [3.05, 3.63) is 29.8 Å². The Morgan fingerprint density at radius 3 is 2.20 bits per heavy atom. The van der Waals surface area contributed by atoms with E-state index in [9.17, 15) is 21.6 Å². The van der Waals surface area contributed by atoms with Crippen LogP contribution in [0.2, 0.25) is 0 Å². The number of alkyl halides is 3. The van der Waals surface area contributed by atoms with Crippen LogP contribution in [0, 0.1) is 0 Å². The predicted molar refractivity (Wildman–Crippen MR) is 85.6 cm³/mol. The van der Waals surface area contributed by atoms with E-state index in [1.165, 1.54) is 4.31 Å². The molecular weight excluding hydrogens is 357 g/mol. The molecule has 25 heavy (non-hydrogen) atoms. The van der Waals surface area contributed by atoms with Crippen molar-refractivity contribution < 1.29 is 26.3 Å². The lowest BCUT2D eigenvalue weighted by atomic mass is 9.90. The molecule has 2 saturated heterocycles. The summed E-state index contributed by atoms with van der Waals surface area (Å²) in [5.74, 6) is 0. The summed E-state index contributed by atoms with van der Waals surface area (Å²) in [5.41, 5.74) is -1.18. The van der Waals surface area contributed by atoms with E-state index >= 15 is 0 Å². The van der Waals surface area contributed by atoms with Gasteiger partial charge in [0, 0.05) is 26.2 Å². The van der Waals surface area contributed by atoms with Gasteiger partial charge in [-0.3, -0.25) is 0 Å². The first kappa shape index (κ1) is 18.6. The molecule has 0 amide bonds. The van der Waals surface area contributed by atoms with Crippen molar-refractivity contribution in [3.63, 3.8) is 0 Å². The van der Waals surface area contributed by atoms with Gasteiger partial charge in [-0.1, -0.05) is 0 Å². The standard InChI is InChI=1S/C16H21F3N2O3S/c1-20-10-11-24-15(12-20)6-8-21(9-7-15)25(22,23)14-4-2-13(3-5-14)16(17,18)19/h2-5H,6-12H2,1H3. The maximum Gasteiger partial charge on any atom is 0.416 e. The van der Waals surface area contributed by atoms with E-state index in [0.29, 0.717) is 32.5 Å². The van der Waals surface area contributed by atoms with Crippen molar-refractivity contribution in [2.45, 2.75) is 29.5 Å². The lowest BCUT2D eigenvalue weighted by Gasteiger charge is -2.46. The molecule has 5 nitrogen and oxygen atoms in total. The van der Waals surface area contributed by atoms with E-state index in [0.717, 1.165) is 37.4 Å². The van der Waals surface area contributed by atoms with Crippen LogP contribution in [0.25, 0.3) is 0 Å². The van der Waals surface area contributed by atoms with Crippen molar-refractivity contribution >= 4 is 10.0 Å². The molecule has 2 aliphatic heterocycles. The van der Waals surface area contributed by atoms with E-state index in [4.69, 9.17) is 4.74 Å². The van der Waals surface area contributed by atoms with Gasteiger partial charge in [0.05, 0.1) is 22.7 Å². The first-order valence-electron chi connectivity index (χ1n) is 8.12. The number of hydrogen-bond donors (Lipinski definition) is 0. The van der Waals surface area contributed by atoms with Gasteiger partial charge in [-0.15, -0.1) is 0 Å². The van der Waals surface area contributed by atoms with Crippen molar-refractivity contribution in [2.75, 3.05) is 39.8 Å². The second-order valence-electron chi connectivity index (χ2n) is 6.70. The van der Waals surface area contributed by atoms with Crippen molar-refractivity contribution in [3.8, 4) is 0 Å². The molecule has 0 radical (unpaired) electrons. The number of halogens is 3. The molecule has 0 saturated carbocycles.